The van der Waals surface area contributed by atoms with Gasteiger partial charge in [0.15, 0.2) is 11.6 Å². The highest BCUT2D eigenvalue weighted by atomic mass is 127. The second-order valence-corrected chi connectivity index (χ2v) is 5.78. The van der Waals surface area contributed by atoms with Crippen LogP contribution in [0.5, 0.6) is 0 Å². The number of halogens is 1. The molecule has 0 spiro atoms. The fourth-order valence-corrected chi connectivity index (χ4v) is 2.26. The van der Waals surface area contributed by atoms with E-state index in [0.29, 0.717) is 11.6 Å². The molecular weight excluding hydrogens is 381 g/mol. The number of amides is 1. The van der Waals surface area contributed by atoms with Crippen LogP contribution >= 0.6 is 22.6 Å². The molecule has 0 unspecified atom stereocenters. The minimum absolute atomic E-state index is 0.270. The Morgan fingerprint density at radius 1 is 1.24 bits per heavy atom. The van der Waals surface area contributed by atoms with Crippen LogP contribution in [0.1, 0.15) is 16.3 Å². The average molecular weight is 393 g/mol. The number of furan rings is 1. The van der Waals surface area contributed by atoms with Crippen molar-refractivity contribution in [2.45, 2.75) is 6.92 Å². The third kappa shape index (κ3) is 3.15. The van der Waals surface area contributed by atoms with Gasteiger partial charge < -0.3 is 9.73 Å². The molecule has 3 rings (SSSR count). The normalized spacial score (nSPS) is 10.6. The molecule has 6 heteroatoms. The van der Waals surface area contributed by atoms with E-state index in [0.717, 1.165) is 14.8 Å². The van der Waals surface area contributed by atoms with Crippen LogP contribution < -0.4 is 5.32 Å². The Morgan fingerprint density at radius 3 is 2.67 bits per heavy atom. The van der Waals surface area contributed by atoms with E-state index in [4.69, 9.17) is 4.42 Å². The van der Waals surface area contributed by atoms with Crippen LogP contribution in [-0.2, 0) is 0 Å². The fraction of sp³-hybridized carbons (Fsp3) is 0.0667. The van der Waals surface area contributed by atoms with Crippen molar-refractivity contribution in [1.29, 1.82) is 0 Å². The van der Waals surface area contributed by atoms with Gasteiger partial charge in [0.05, 0.1) is 5.69 Å². The second kappa shape index (κ2) is 5.72. The molecule has 0 atom stereocenters. The first-order chi connectivity index (χ1) is 10.1. The summed E-state index contributed by atoms with van der Waals surface area (Å²) >= 11 is 2.25. The monoisotopic (exact) mass is 393 g/mol. The SMILES string of the molecule is Cc1ccc(C(=O)Nc2cc(-c3ccc(I)cc3)[nH]n2)o1. The summed E-state index contributed by atoms with van der Waals surface area (Å²) in [7, 11) is 0. The predicted molar refractivity (Wildman–Crippen MR) is 88.1 cm³/mol. The molecule has 0 aliphatic carbocycles. The highest BCUT2D eigenvalue weighted by Gasteiger charge is 2.12. The fourth-order valence-electron chi connectivity index (χ4n) is 1.90. The third-order valence-corrected chi connectivity index (χ3v) is 3.66. The van der Waals surface area contributed by atoms with E-state index in [-0.39, 0.29) is 11.7 Å². The number of aromatic amines is 1. The van der Waals surface area contributed by atoms with Crippen molar-refractivity contribution in [3.8, 4) is 11.3 Å². The largest absolute Gasteiger partial charge is 0.456 e. The number of nitrogens with one attached hydrogen (secondary N) is 2. The smallest absolute Gasteiger partial charge is 0.292 e. The molecule has 106 valence electrons. The van der Waals surface area contributed by atoms with Crippen LogP contribution in [0.25, 0.3) is 11.3 Å². The van der Waals surface area contributed by atoms with Crippen LogP contribution in [-0.4, -0.2) is 16.1 Å². The van der Waals surface area contributed by atoms with Gasteiger partial charge in [0.25, 0.3) is 5.91 Å². The predicted octanol–water partition coefficient (Wildman–Crippen LogP) is 3.84. The van der Waals surface area contributed by atoms with Gasteiger partial charge in [-0.1, -0.05) is 12.1 Å². The van der Waals surface area contributed by atoms with Crippen molar-refractivity contribution in [2.24, 2.45) is 0 Å². The van der Waals surface area contributed by atoms with E-state index in [1.54, 1.807) is 25.1 Å². The van der Waals surface area contributed by atoms with Crippen molar-refractivity contribution >= 4 is 34.3 Å². The van der Waals surface area contributed by atoms with Gasteiger partial charge in [0.2, 0.25) is 0 Å². The van der Waals surface area contributed by atoms with E-state index < -0.39 is 0 Å². The number of aryl methyl sites for hydroxylation is 1. The molecular formula is C15H12IN3O2. The zero-order chi connectivity index (χ0) is 14.8. The molecule has 2 aromatic heterocycles. The van der Waals surface area contributed by atoms with Crippen LogP contribution in [0, 0.1) is 10.5 Å². The van der Waals surface area contributed by atoms with E-state index in [1.165, 1.54) is 0 Å². The number of anilines is 1. The summed E-state index contributed by atoms with van der Waals surface area (Å²) in [6.07, 6.45) is 0. The summed E-state index contributed by atoms with van der Waals surface area (Å²) in [5, 5.41) is 9.69. The number of hydrogen-bond acceptors (Lipinski definition) is 3. The molecule has 0 bridgehead atoms. The van der Waals surface area contributed by atoms with E-state index in [9.17, 15) is 4.79 Å². The van der Waals surface area contributed by atoms with Crippen LogP contribution in [0.15, 0.2) is 46.9 Å². The second-order valence-electron chi connectivity index (χ2n) is 4.54. The molecule has 21 heavy (non-hydrogen) atoms. The quantitative estimate of drug-likeness (QED) is 0.665. The molecule has 3 aromatic rings. The number of H-pyrrole nitrogens is 1. The van der Waals surface area contributed by atoms with Gasteiger partial charge in [-0.05, 0) is 59.3 Å². The zero-order valence-corrected chi connectivity index (χ0v) is 13.3. The standard InChI is InChI=1S/C15H12IN3O2/c1-9-2-7-13(21-9)15(20)17-14-8-12(18-19-14)10-3-5-11(16)6-4-10/h2-8H,1H3,(H2,17,18,19,20). The number of benzene rings is 1. The van der Waals surface area contributed by atoms with Crippen molar-refractivity contribution in [3.63, 3.8) is 0 Å². The van der Waals surface area contributed by atoms with Gasteiger partial charge in [-0.3, -0.25) is 9.89 Å². The molecule has 1 aromatic carbocycles. The molecule has 1 amide bonds. The molecule has 0 fully saturated rings. The molecule has 0 saturated heterocycles. The first-order valence-corrected chi connectivity index (χ1v) is 7.39. The van der Waals surface area contributed by atoms with E-state index in [1.807, 2.05) is 24.3 Å². The van der Waals surface area contributed by atoms with E-state index in [2.05, 4.69) is 38.1 Å². The number of carbonyl (C=O) groups excluding carboxylic acids is 1. The summed E-state index contributed by atoms with van der Waals surface area (Å²) < 4.78 is 6.44. The van der Waals surface area contributed by atoms with Crippen molar-refractivity contribution in [1.82, 2.24) is 10.2 Å². The Balaban J connectivity index is 1.76. The number of carbonyl (C=O) groups is 1. The molecule has 5 nitrogen and oxygen atoms in total. The van der Waals surface area contributed by atoms with Crippen LogP contribution in [0.4, 0.5) is 5.82 Å². The first kappa shape index (κ1) is 13.9. The van der Waals surface area contributed by atoms with Crippen molar-refractivity contribution < 1.29 is 9.21 Å². The van der Waals surface area contributed by atoms with Gasteiger partial charge in [-0.25, -0.2) is 0 Å². The number of nitrogens with zero attached hydrogens (tertiary/aromatic N) is 1. The molecule has 0 radical (unpaired) electrons. The van der Waals surface area contributed by atoms with Gasteiger partial charge in [-0.15, -0.1) is 0 Å². The highest BCUT2D eigenvalue weighted by molar-refractivity contribution is 14.1. The van der Waals surface area contributed by atoms with Crippen molar-refractivity contribution in [3.05, 3.63) is 57.6 Å². The average Bonchev–Trinajstić information content (AvgIpc) is 3.09. The molecule has 0 aliphatic rings. The van der Waals surface area contributed by atoms with Crippen LogP contribution in [0.3, 0.4) is 0 Å². The Hall–Kier alpha value is -2.09. The maximum Gasteiger partial charge on any atom is 0.292 e. The summed E-state index contributed by atoms with van der Waals surface area (Å²) in [6, 6.07) is 13.2. The lowest BCUT2D eigenvalue weighted by atomic mass is 10.1. The molecule has 2 heterocycles. The Bertz CT molecular complexity index is 774. The lowest BCUT2D eigenvalue weighted by molar-refractivity contribution is 0.0995. The summed E-state index contributed by atoms with van der Waals surface area (Å²) in [4.78, 5) is 12.0. The minimum Gasteiger partial charge on any atom is -0.456 e. The number of hydrogen-bond donors (Lipinski definition) is 2. The Morgan fingerprint density at radius 2 is 2.00 bits per heavy atom. The summed E-state index contributed by atoms with van der Waals surface area (Å²) in [5.41, 5.74) is 1.86. The van der Waals surface area contributed by atoms with E-state index >= 15 is 0 Å². The summed E-state index contributed by atoms with van der Waals surface area (Å²) in [5.74, 6) is 1.11. The number of rotatable bonds is 3. The maximum absolute atomic E-state index is 12.0. The van der Waals surface area contributed by atoms with Gasteiger partial charge in [-0.2, -0.15) is 5.10 Å². The zero-order valence-electron chi connectivity index (χ0n) is 11.2. The van der Waals surface area contributed by atoms with Crippen molar-refractivity contribution in [2.75, 3.05) is 5.32 Å². The lowest BCUT2D eigenvalue weighted by Gasteiger charge is -1.98. The van der Waals surface area contributed by atoms with Gasteiger partial charge in [0, 0.05) is 9.64 Å². The molecule has 0 aliphatic heterocycles. The Kier molecular flexibility index (Phi) is 3.78. The highest BCUT2D eigenvalue weighted by Crippen LogP contribution is 2.21. The molecule has 0 saturated carbocycles. The van der Waals surface area contributed by atoms with Crippen LogP contribution in [0.2, 0.25) is 0 Å². The summed E-state index contributed by atoms with van der Waals surface area (Å²) in [6.45, 7) is 1.79. The van der Waals surface area contributed by atoms with Gasteiger partial charge >= 0.3 is 0 Å². The minimum atomic E-state index is -0.316. The first-order valence-electron chi connectivity index (χ1n) is 6.31. The molecule has 2 N–H and O–H groups in total. The van der Waals surface area contributed by atoms with Gasteiger partial charge in [0.1, 0.15) is 5.76 Å². The topological polar surface area (TPSA) is 70.9 Å². The lowest BCUT2D eigenvalue weighted by Crippen LogP contribution is -2.11. The maximum atomic E-state index is 12.0. The number of aromatic nitrogens is 2. The third-order valence-electron chi connectivity index (χ3n) is 2.94. The Labute approximate surface area is 134 Å².